The lowest BCUT2D eigenvalue weighted by molar-refractivity contribution is -0.118. The number of carbonyl (C=O) groups excluding carboxylic acids is 1. The molecule has 1 saturated heterocycles. The largest absolute Gasteiger partial charge is 0.432 e. The summed E-state index contributed by atoms with van der Waals surface area (Å²) >= 11 is 0. The standard InChI is InChI=1S/C13H21N3O2/c1-13(2,3)10-8-18-12(15-10)16-11(17)9-6-4-5-7-14-9/h8-9,14H,4-7H2,1-3H3,(H,15,16,17). The Hall–Kier alpha value is -1.36. The number of nitrogens with one attached hydrogen (secondary N) is 2. The molecule has 0 aromatic carbocycles. The fourth-order valence-electron chi connectivity index (χ4n) is 1.94. The van der Waals surface area contributed by atoms with Gasteiger partial charge in [0, 0.05) is 5.41 Å². The van der Waals surface area contributed by atoms with Gasteiger partial charge in [0.2, 0.25) is 5.91 Å². The monoisotopic (exact) mass is 251 g/mol. The zero-order valence-electron chi connectivity index (χ0n) is 11.2. The van der Waals surface area contributed by atoms with Crippen LogP contribution < -0.4 is 10.6 Å². The number of piperidine rings is 1. The van der Waals surface area contributed by atoms with E-state index in [-0.39, 0.29) is 23.4 Å². The second kappa shape index (κ2) is 5.10. The Balaban J connectivity index is 1.96. The summed E-state index contributed by atoms with van der Waals surface area (Å²) in [7, 11) is 0. The number of carbonyl (C=O) groups is 1. The quantitative estimate of drug-likeness (QED) is 0.844. The number of hydrogen-bond acceptors (Lipinski definition) is 4. The van der Waals surface area contributed by atoms with Crippen molar-refractivity contribution >= 4 is 11.9 Å². The molecule has 2 N–H and O–H groups in total. The molecule has 1 aromatic heterocycles. The van der Waals surface area contributed by atoms with E-state index in [1.54, 1.807) is 6.26 Å². The summed E-state index contributed by atoms with van der Waals surface area (Å²) in [6.07, 6.45) is 4.70. The van der Waals surface area contributed by atoms with Crippen molar-refractivity contribution < 1.29 is 9.21 Å². The Morgan fingerprint density at radius 3 is 2.83 bits per heavy atom. The first kappa shape index (κ1) is 13.1. The van der Waals surface area contributed by atoms with Gasteiger partial charge in [0.1, 0.15) is 6.26 Å². The Morgan fingerprint density at radius 2 is 2.28 bits per heavy atom. The maximum Gasteiger partial charge on any atom is 0.301 e. The molecule has 5 heteroatoms. The molecule has 1 unspecified atom stereocenters. The first-order valence-corrected chi connectivity index (χ1v) is 6.47. The SMILES string of the molecule is CC(C)(C)c1coc(NC(=O)C2CCCCN2)n1. The Labute approximate surface area is 107 Å². The van der Waals surface area contributed by atoms with Crippen LogP contribution in [0.3, 0.4) is 0 Å². The highest BCUT2D eigenvalue weighted by Crippen LogP contribution is 2.23. The second-order valence-corrected chi connectivity index (χ2v) is 5.78. The maximum absolute atomic E-state index is 12.0. The molecule has 0 radical (unpaired) electrons. The van der Waals surface area contributed by atoms with Gasteiger partial charge in [-0.05, 0) is 19.4 Å². The number of aromatic nitrogens is 1. The lowest BCUT2D eigenvalue weighted by atomic mass is 9.93. The van der Waals surface area contributed by atoms with Gasteiger partial charge in [-0.3, -0.25) is 10.1 Å². The van der Waals surface area contributed by atoms with E-state index in [2.05, 4.69) is 36.4 Å². The van der Waals surface area contributed by atoms with Crippen molar-refractivity contribution in [3.05, 3.63) is 12.0 Å². The summed E-state index contributed by atoms with van der Waals surface area (Å²) in [4.78, 5) is 16.2. The first-order valence-electron chi connectivity index (χ1n) is 6.47. The van der Waals surface area contributed by atoms with Gasteiger partial charge < -0.3 is 9.73 Å². The zero-order chi connectivity index (χ0) is 13.2. The molecule has 100 valence electrons. The van der Waals surface area contributed by atoms with Crippen LogP contribution in [0.4, 0.5) is 6.01 Å². The number of oxazole rings is 1. The van der Waals surface area contributed by atoms with E-state index in [0.717, 1.165) is 31.5 Å². The highest BCUT2D eigenvalue weighted by atomic mass is 16.4. The van der Waals surface area contributed by atoms with Crippen LogP contribution in [0.15, 0.2) is 10.7 Å². The number of rotatable bonds is 2. The molecule has 1 fully saturated rings. The minimum Gasteiger partial charge on any atom is -0.432 e. The van der Waals surface area contributed by atoms with Crippen molar-refractivity contribution in [3.8, 4) is 0 Å². The summed E-state index contributed by atoms with van der Waals surface area (Å²) in [5, 5.41) is 5.92. The number of anilines is 1. The van der Waals surface area contributed by atoms with Crippen molar-refractivity contribution in [3.63, 3.8) is 0 Å². The highest BCUT2D eigenvalue weighted by Gasteiger charge is 2.23. The highest BCUT2D eigenvalue weighted by molar-refractivity contribution is 5.93. The van der Waals surface area contributed by atoms with E-state index in [0.29, 0.717) is 0 Å². The molecule has 0 spiro atoms. The third-order valence-electron chi connectivity index (χ3n) is 3.13. The van der Waals surface area contributed by atoms with Crippen molar-refractivity contribution in [2.24, 2.45) is 0 Å². The van der Waals surface area contributed by atoms with Crippen molar-refractivity contribution in [2.45, 2.75) is 51.5 Å². The smallest absolute Gasteiger partial charge is 0.301 e. The predicted molar refractivity (Wildman–Crippen MR) is 69.5 cm³/mol. The Kier molecular flexibility index (Phi) is 3.71. The summed E-state index contributed by atoms with van der Waals surface area (Å²) in [6.45, 7) is 7.06. The van der Waals surface area contributed by atoms with Crippen LogP contribution in [0.25, 0.3) is 0 Å². The fourth-order valence-corrected chi connectivity index (χ4v) is 1.94. The molecule has 18 heavy (non-hydrogen) atoms. The third-order valence-corrected chi connectivity index (χ3v) is 3.13. The van der Waals surface area contributed by atoms with Gasteiger partial charge in [-0.2, -0.15) is 4.98 Å². The average Bonchev–Trinajstić information content (AvgIpc) is 2.78. The van der Waals surface area contributed by atoms with Crippen LogP contribution in [-0.2, 0) is 10.2 Å². The van der Waals surface area contributed by atoms with E-state index >= 15 is 0 Å². The van der Waals surface area contributed by atoms with Crippen LogP contribution >= 0.6 is 0 Å². The minimum absolute atomic E-state index is 0.0583. The van der Waals surface area contributed by atoms with Crippen molar-refractivity contribution in [2.75, 3.05) is 11.9 Å². The van der Waals surface area contributed by atoms with Crippen molar-refractivity contribution in [1.82, 2.24) is 10.3 Å². The third kappa shape index (κ3) is 3.10. The predicted octanol–water partition coefficient (Wildman–Crippen LogP) is 2.05. The molecular weight excluding hydrogens is 230 g/mol. The number of amides is 1. The summed E-state index contributed by atoms with van der Waals surface area (Å²) < 4.78 is 5.28. The summed E-state index contributed by atoms with van der Waals surface area (Å²) in [5.74, 6) is -0.0583. The molecule has 0 bridgehead atoms. The molecule has 2 heterocycles. The van der Waals surface area contributed by atoms with Crippen LogP contribution in [0.1, 0.15) is 45.7 Å². The van der Waals surface area contributed by atoms with Crippen LogP contribution in [0, 0.1) is 0 Å². The van der Waals surface area contributed by atoms with E-state index < -0.39 is 0 Å². The van der Waals surface area contributed by atoms with Crippen LogP contribution in [0.5, 0.6) is 0 Å². The molecular formula is C13H21N3O2. The average molecular weight is 251 g/mol. The molecule has 0 saturated carbocycles. The second-order valence-electron chi connectivity index (χ2n) is 5.78. The van der Waals surface area contributed by atoms with E-state index in [1.807, 2.05) is 0 Å². The topological polar surface area (TPSA) is 67.2 Å². The van der Waals surface area contributed by atoms with Crippen molar-refractivity contribution in [1.29, 1.82) is 0 Å². The molecule has 1 amide bonds. The lowest BCUT2D eigenvalue weighted by Gasteiger charge is -2.21. The molecule has 0 aliphatic carbocycles. The van der Waals surface area contributed by atoms with E-state index in [4.69, 9.17) is 4.42 Å². The van der Waals surface area contributed by atoms with Gasteiger partial charge in [0.25, 0.3) is 0 Å². The van der Waals surface area contributed by atoms with Gasteiger partial charge in [-0.1, -0.05) is 27.2 Å². The van der Waals surface area contributed by atoms with Gasteiger partial charge in [-0.15, -0.1) is 0 Å². The summed E-state index contributed by atoms with van der Waals surface area (Å²) in [5.41, 5.74) is 0.768. The van der Waals surface area contributed by atoms with Gasteiger partial charge >= 0.3 is 6.01 Å². The van der Waals surface area contributed by atoms with Gasteiger partial charge in [-0.25, -0.2) is 0 Å². The lowest BCUT2D eigenvalue weighted by Crippen LogP contribution is -2.43. The number of hydrogen-bond donors (Lipinski definition) is 2. The Bertz CT molecular complexity index is 414. The molecule has 2 rings (SSSR count). The maximum atomic E-state index is 12.0. The van der Waals surface area contributed by atoms with Gasteiger partial charge in [0.05, 0.1) is 11.7 Å². The molecule has 1 aliphatic heterocycles. The molecule has 5 nitrogen and oxygen atoms in total. The van der Waals surface area contributed by atoms with Gasteiger partial charge in [0.15, 0.2) is 0 Å². The normalized spacial score (nSPS) is 20.7. The fraction of sp³-hybridized carbons (Fsp3) is 0.692. The van der Waals surface area contributed by atoms with Crippen LogP contribution in [-0.4, -0.2) is 23.5 Å². The summed E-state index contributed by atoms with van der Waals surface area (Å²) in [6, 6.07) is 0.168. The van der Waals surface area contributed by atoms with Crippen LogP contribution in [0.2, 0.25) is 0 Å². The first-order chi connectivity index (χ1) is 8.47. The Morgan fingerprint density at radius 1 is 1.50 bits per heavy atom. The van der Waals surface area contributed by atoms with E-state index in [9.17, 15) is 4.79 Å². The zero-order valence-corrected chi connectivity index (χ0v) is 11.2. The van der Waals surface area contributed by atoms with E-state index in [1.165, 1.54) is 0 Å². The molecule has 1 aliphatic rings. The minimum atomic E-state index is -0.122. The molecule has 1 aromatic rings. The molecule has 1 atom stereocenters. The number of nitrogens with zero attached hydrogens (tertiary/aromatic N) is 1.